The van der Waals surface area contributed by atoms with Gasteiger partial charge in [0.15, 0.2) is 0 Å². The summed E-state index contributed by atoms with van der Waals surface area (Å²) in [6.07, 6.45) is 1.95. The molecular formula is C23H21ClFNOS. The lowest BCUT2D eigenvalue weighted by Gasteiger charge is -2.14. The molecule has 0 fully saturated rings. The zero-order valence-corrected chi connectivity index (χ0v) is 17.0. The van der Waals surface area contributed by atoms with Crippen LogP contribution >= 0.6 is 23.4 Å². The first-order valence-corrected chi connectivity index (χ1v) is 10.7. The van der Waals surface area contributed by atoms with E-state index in [1.807, 2.05) is 42.5 Å². The summed E-state index contributed by atoms with van der Waals surface area (Å²) in [5.41, 5.74) is 3.28. The maximum Gasteiger partial charge on any atom is 0.130 e. The lowest BCUT2D eigenvalue weighted by molar-refractivity contribution is 0.476. The monoisotopic (exact) mass is 413 g/mol. The minimum atomic E-state index is -0.263. The molecule has 1 N–H and O–H groups in total. The Bertz CT molecular complexity index is 964. The van der Waals surface area contributed by atoms with Crippen molar-refractivity contribution < 1.29 is 9.13 Å². The van der Waals surface area contributed by atoms with Crippen molar-refractivity contribution in [2.45, 2.75) is 23.5 Å². The van der Waals surface area contributed by atoms with E-state index in [4.69, 9.17) is 16.3 Å². The van der Waals surface area contributed by atoms with Gasteiger partial charge >= 0.3 is 0 Å². The summed E-state index contributed by atoms with van der Waals surface area (Å²) in [7, 11) is 0. The fraction of sp³-hybridized carbons (Fsp3) is 0.217. The van der Waals surface area contributed by atoms with E-state index < -0.39 is 0 Å². The molecule has 0 saturated heterocycles. The Kier molecular flexibility index (Phi) is 6.20. The van der Waals surface area contributed by atoms with Gasteiger partial charge in [0.2, 0.25) is 0 Å². The molecule has 4 rings (SSSR count). The summed E-state index contributed by atoms with van der Waals surface area (Å²) in [6, 6.07) is 18.5. The highest BCUT2D eigenvalue weighted by Gasteiger charge is 2.16. The van der Waals surface area contributed by atoms with E-state index in [0.29, 0.717) is 22.8 Å². The lowest BCUT2D eigenvalue weighted by Crippen LogP contribution is -2.16. The normalized spacial score (nSPS) is 13.6. The molecule has 0 spiro atoms. The second kappa shape index (κ2) is 8.99. The van der Waals surface area contributed by atoms with Gasteiger partial charge in [-0.15, -0.1) is 11.8 Å². The Morgan fingerprint density at radius 3 is 2.61 bits per heavy atom. The van der Waals surface area contributed by atoms with Gasteiger partial charge in [0.05, 0.1) is 5.02 Å². The van der Waals surface area contributed by atoms with Crippen LogP contribution in [-0.2, 0) is 18.6 Å². The molecule has 0 bridgehead atoms. The molecule has 0 amide bonds. The minimum absolute atomic E-state index is 0.263. The van der Waals surface area contributed by atoms with Gasteiger partial charge < -0.3 is 10.1 Å². The van der Waals surface area contributed by atoms with E-state index in [-0.39, 0.29) is 5.82 Å². The van der Waals surface area contributed by atoms with Gasteiger partial charge in [0.25, 0.3) is 0 Å². The second-order valence-electron chi connectivity index (χ2n) is 6.72. The van der Waals surface area contributed by atoms with E-state index >= 15 is 0 Å². The molecule has 3 aromatic rings. The van der Waals surface area contributed by atoms with Crippen molar-refractivity contribution in [3.05, 3.63) is 88.2 Å². The molecule has 2 nitrogen and oxygen atoms in total. The number of nitrogens with one attached hydrogen (secondary N) is 1. The Labute approximate surface area is 174 Å². The highest BCUT2D eigenvalue weighted by molar-refractivity contribution is 7.98. The molecule has 0 aromatic heterocycles. The van der Waals surface area contributed by atoms with Crippen LogP contribution in [0.15, 0.2) is 65.6 Å². The summed E-state index contributed by atoms with van der Waals surface area (Å²) in [5, 5.41) is 4.17. The average Bonchev–Trinajstić information content (AvgIpc) is 2.95. The topological polar surface area (TPSA) is 21.3 Å². The first-order chi connectivity index (χ1) is 13.7. The van der Waals surface area contributed by atoms with Crippen molar-refractivity contribution >= 4 is 23.4 Å². The van der Waals surface area contributed by atoms with Gasteiger partial charge in [0, 0.05) is 16.7 Å². The van der Waals surface area contributed by atoms with Gasteiger partial charge in [-0.05, 0) is 66.9 Å². The van der Waals surface area contributed by atoms with Crippen molar-refractivity contribution in [1.29, 1.82) is 0 Å². The Hall–Kier alpha value is -2.01. The maximum atomic E-state index is 14.6. The molecule has 3 aromatic carbocycles. The molecule has 5 heteroatoms. The first kappa shape index (κ1) is 19.3. The van der Waals surface area contributed by atoms with E-state index in [2.05, 4.69) is 11.4 Å². The van der Waals surface area contributed by atoms with Crippen LogP contribution in [-0.4, -0.2) is 13.1 Å². The Morgan fingerprint density at radius 2 is 1.79 bits per heavy atom. The summed E-state index contributed by atoms with van der Waals surface area (Å²) in [6.45, 7) is 1.93. The van der Waals surface area contributed by atoms with Gasteiger partial charge in [-0.3, -0.25) is 0 Å². The van der Waals surface area contributed by atoms with Gasteiger partial charge in [-0.2, -0.15) is 0 Å². The predicted octanol–water partition coefficient (Wildman–Crippen LogP) is 6.25. The van der Waals surface area contributed by atoms with E-state index in [1.165, 1.54) is 17.2 Å². The summed E-state index contributed by atoms with van der Waals surface area (Å²) < 4.78 is 20.3. The number of benzene rings is 3. The maximum absolute atomic E-state index is 14.6. The number of hydrogen-bond acceptors (Lipinski definition) is 3. The van der Waals surface area contributed by atoms with Crippen LogP contribution in [0.1, 0.15) is 16.7 Å². The smallest absolute Gasteiger partial charge is 0.130 e. The second-order valence-corrected chi connectivity index (χ2v) is 8.11. The van der Waals surface area contributed by atoms with E-state index in [9.17, 15) is 4.39 Å². The quantitative estimate of drug-likeness (QED) is 0.499. The van der Waals surface area contributed by atoms with Crippen LogP contribution in [0.5, 0.6) is 11.5 Å². The van der Waals surface area contributed by atoms with Gasteiger partial charge in [-0.25, -0.2) is 4.39 Å². The van der Waals surface area contributed by atoms with Crippen molar-refractivity contribution in [1.82, 2.24) is 5.32 Å². The molecule has 0 unspecified atom stereocenters. The third-order valence-electron chi connectivity index (χ3n) is 4.81. The highest BCUT2D eigenvalue weighted by atomic mass is 35.5. The van der Waals surface area contributed by atoms with E-state index in [1.54, 1.807) is 17.8 Å². The number of fused-ring (bicyclic) bond motifs is 1. The van der Waals surface area contributed by atoms with Crippen LogP contribution < -0.4 is 10.1 Å². The van der Waals surface area contributed by atoms with Crippen LogP contribution in [0.3, 0.4) is 0 Å². The van der Waals surface area contributed by atoms with Crippen LogP contribution in [0.2, 0.25) is 5.02 Å². The lowest BCUT2D eigenvalue weighted by atomic mass is 10.0. The number of thioether (sulfide) groups is 1. The number of ether oxygens (including phenoxy) is 1. The molecule has 1 heterocycles. The summed E-state index contributed by atoms with van der Waals surface area (Å²) >= 11 is 8.09. The fourth-order valence-electron chi connectivity index (χ4n) is 3.35. The molecular weight excluding hydrogens is 393 g/mol. The van der Waals surface area contributed by atoms with Crippen molar-refractivity contribution in [2.75, 3.05) is 13.1 Å². The zero-order valence-electron chi connectivity index (χ0n) is 15.4. The molecule has 28 heavy (non-hydrogen) atoms. The standard InChI is InChI=1S/C23H21ClFNOS/c24-21-9-7-16-10-12-26-13-11-20(16)23(21)28-15-17-6-8-19(14-22(17)25)27-18-4-2-1-3-5-18/h1-9,14,26H,10-13,15H2. The number of hydrogen-bond donors (Lipinski definition) is 1. The third kappa shape index (κ3) is 4.52. The van der Waals surface area contributed by atoms with Crippen molar-refractivity contribution in [2.24, 2.45) is 0 Å². The largest absolute Gasteiger partial charge is 0.457 e. The fourth-order valence-corrected chi connectivity index (χ4v) is 4.84. The number of para-hydroxylation sites is 1. The summed E-state index contributed by atoms with van der Waals surface area (Å²) in [4.78, 5) is 1.08. The molecule has 0 radical (unpaired) electrons. The Morgan fingerprint density at radius 1 is 0.964 bits per heavy atom. The molecule has 144 valence electrons. The van der Waals surface area contributed by atoms with Gasteiger partial charge in [0.1, 0.15) is 17.3 Å². The molecule has 1 aliphatic heterocycles. The Balaban J connectivity index is 1.50. The first-order valence-electron chi connectivity index (χ1n) is 9.36. The average molecular weight is 414 g/mol. The molecule has 0 aliphatic carbocycles. The molecule has 0 atom stereocenters. The predicted molar refractivity (Wildman–Crippen MR) is 114 cm³/mol. The SMILES string of the molecule is Fc1cc(Oc2ccccc2)ccc1CSc1c(Cl)ccc2c1CCNCC2. The molecule has 0 saturated carbocycles. The van der Waals surface area contributed by atoms with Crippen LogP contribution in [0.25, 0.3) is 0 Å². The van der Waals surface area contributed by atoms with Crippen LogP contribution in [0.4, 0.5) is 4.39 Å². The number of rotatable bonds is 5. The third-order valence-corrected chi connectivity index (χ3v) is 6.45. The molecule has 1 aliphatic rings. The number of halogens is 2. The highest BCUT2D eigenvalue weighted by Crippen LogP contribution is 2.36. The zero-order chi connectivity index (χ0) is 19.3. The minimum Gasteiger partial charge on any atom is -0.457 e. The van der Waals surface area contributed by atoms with Crippen molar-refractivity contribution in [3.63, 3.8) is 0 Å². The van der Waals surface area contributed by atoms with Crippen LogP contribution in [0, 0.1) is 5.82 Å². The van der Waals surface area contributed by atoms with Gasteiger partial charge in [-0.1, -0.05) is 41.9 Å². The summed E-state index contributed by atoms with van der Waals surface area (Å²) in [5.74, 6) is 1.45. The van der Waals surface area contributed by atoms with E-state index in [0.717, 1.165) is 35.8 Å². The van der Waals surface area contributed by atoms with Crippen molar-refractivity contribution in [3.8, 4) is 11.5 Å².